The van der Waals surface area contributed by atoms with Crippen LogP contribution in [0.25, 0.3) is 10.8 Å². The number of nitrogens with zero attached hydrogens (tertiary/aromatic N) is 2. The van der Waals surface area contributed by atoms with Gasteiger partial charge >= 0.3 is 0 Å². The molecule has 0 saturated carbocycles. The topological polar surface area (TPSA) is 141 Å². The highest BCUT2D eigenvalue weighted by Gasteiger charge is 2.17. The van der Waals surface area contributed by atoms with E-state index in [2.05, 4.69) is 14.7 Å². The average molecular weight is 446 g/mol. The van der Waals surface area contributed by atoms with Crippen LogP contribution < -0.4 is 16.2 Å². The number of benzene rings is 1. The summed E-state index contributed by atoms with van der Waals surface area (Å²) in [5.74, 6) is -0.270. The fourth-order valence-electron chi connectivity index (χ4n) is 2.53. The Bertz CT molecular complexity index is 1010. The van der Waals surface area contributed by atoms with Gasteiger partial charge in [0.25, 0.3) is 0 Å². The minimum atomic E-state index is -3.75. The Morgan fingerprint density at radius 1 is 1.29 bits per heavy atom. The SMILES string of the molecule is CC(CCCCNS(=O)(=O)c1ccc2c(Cl)cnc(N=C(N)N)c2c1)C(=O)Cl. The lowest BCUT2D eigenvalue weighted by Crippen LogP contribution is -2.25. The van der Waals surface area contributed by atoms with Crippen LogP contribution >= 0.6 is 23.2 Å². The van der Waals surface area contributed by atoms with Gasteiger partial charge in [-0.1, -0.05) is 31.0 Å². The van der Waals surface area contributed by atoms with Crippen LogP contribution in [0.5, 0.6) is 0 Å². The van der Waals surface area contributed by atoms with Crippen molar-refractivity contribution in [3.63, 3.8) is 0 Å². The van der Waals surface area contributed by atoms with E-state index in [9.17, 15) is 13.2 Å². The summed E-state index contributed by atoms with van der Waals surface area (Å²) in [6.07, 6.45) is 3.25. The van der Waals surface area contributed by atoms with Crippen molar-refractivity contribution in [2.24, 2.45) is 22.4 Å². The van der Waals surface area contributed by atoms with Crippen LogP contribution in [0.4, 0.5) is 5.82 Å². The molecule has 0 aliphatic rings. The standard InChI is InChI=1S/C17H21Cl2N5O3S/c1-10(15(19)25)4-2-3-7-23-28(26,27)11-5-6-12-13(8-11)16(24-17(20)21)22-9-14(12)18/h5-6,8-10,23H,2-4,7H2,1H3,(H4,20,21,22,24). The second-order valence-corrected chi connectivity index (χ2v) is 8.82. The van der Waals surface area contributed by atoms with Gasteiger partial charge in [0.15, 0.2) is 11.8 Å². The van der Waals surface area contributed by atoms with Crippen molar-refractivity contribution in [2.45, 2.75) is 31.1 Å². The summed E-state index contributed by atoms with van der Waals surface area (Å²) < 4.78 is 27.7. The maximum atomic E-state index is 12.6. The fourth-order valence-corrected chi connectivity index (χ4v) is 3.95. The third kappa shape index (κ3) is 5.78. The van der Waals surface area contributed by atoms with Crippen molar-refractivity contribution in [1.29, 1.82) is 0 Å². The Balaban J connectivity index is 2.17. The van der Waals surface area contributed by atoms with E-state index in [0.29, 0.717) is 35.1 Å². The van der Waals surface area contributed by atoms with Crippen LogP contribution in [0.3, 0.4) is 0 Å². The molecule has 0 aliphatic heterocycles. The molecule has 5 N–H and O–H groups in total. The van der Waals surface area contributed by atoms with E-state index in [1.165, 1.54) is 18.3 Å². The zero-order chi connectivity index (χ0) is 20.9. The van der Waals surface area contributed by atoms with Gasteiger partial charge in [-0.15, -0.1) is 0 Å². The number of carbonyl (C=O) groups excluding carboxylic acids is 1. The number of guanidine groups is 1. The monoisotopic (exact) mass is 445 g/mol. The highest BCUT2D eigenvalue weighted by atomic mass is 35.5. The molecule has 0 aliphatic carbocycles. The van der Waals surface area contributed by atoms with Gasteiger partial charge in [-0.05, 0) is 36.6 Å². The molecule has 28 heavy (non-hydrogen) atoms. The van der Waals surface area contributed by atoms with Crippen LogP contribution in [-0.2, 0) is 14.8 Å². The summed E-state index contributed by atoms with van der Waals surface area (Å²) in [7, 11) is -3.75. The maximum Gasteiger partial charge on any atom is 0.240 e. The number of hydrogen-bond acceptors (Lipinski definition) is 5. The zero-order valence-corrected chi connectivity index (χ0v) is 17.5. The summed E-state index contributed by atoms with van der Waals surface area (Å²) in [5, 5.41) is 0.957. The van der Waals surface area contributed by atoms with Crippen molar-refractivity contribution < 1.29 is 13.2 Å². The molecule has 11 heteroatoms. The minimum absolute atomic E-state index is 0.0420. The predicted octanol–water partition coefficient (Wildman–Crippen LogP) is 2.64. The highest BCUT2D eigenvalue weighted by Crippen LogP contribution is 2.31. The maximum absolute atomic E-state index is 12.6. The Kier molecular flexibility index (Phi) is 7.59. The number of aliphatic imine (C=N–C) groups is 1. The number of carbonyl (C=O) groups is 1. The van der Waals surface area contributed by atoms with Crippen LogP contribution in [0.15, 0.2) is 34.3 Å². The zero-order valence-electron chi connectivity index (χ0n) is 15.2. The molecular formula is C17H21Cl2N5O3S. The number of aromatic nitrogens is 1. The first-order chi connectivity index (χ1) is 13.1. The molecule has 0 fully saturated rings. The number of sulfonamides is 1. The Morgan fingerprint density at radius 3 is 2.64 bits per heavy atom. The van der Waals surface area contributed by atoms with E-state index in [0.717, 1.165) is 0 Å². The molecule has 1 aromatic carbocycles. The number of nitrogens with two attached hydrogens (primary N) is 2. The molecule has 0 amide bonds. The summed E-state index contributed by atoms with van der Waals surface area (Å²) >= 11 is 11.5. The first kappa shape index (κ1) is 22.4. The number of hydrogen-bond donors (Lipinski definition) is 3. The van der Waals surface area contributed by atoms with Crippen LogP contribution in [0.2, 0.25) is 5.02 Å². The number of pyridine rings is 1. The molecule has 0 bridgehead atoms. The van der Waals surface area contributed by atoms with Crippen LogP contribution in [0.1, 0.15) is 26.2 Å². The number of nitrogens with one attached hydrogen (secondary N) is 1. The number of fused-ring (bicyclic) bond motifs is 1. The predicted molar refractivity (Wildman–Crippen MR) is 111 cm³/mol. The number of unbranched alkanes of at least 4 members (excludes halogenated alkanes) is 1. The van der Waals surface area contributed by atoms with Crippen molar-refractivity contribution in [2.75, 3.05) is 6.54 Å². The third-order valence-electron chi connectivity index (χ3n) is 4.08. The molecule has 0 radical (unpaired) electrons. The summed E-state index contributed by atoms with van der Waals surface area (Å²) in [6.45, 7) is 1.97. The fraction of sp³-hybridized carbons (Fsp3) is 0.353. The smallest absolute Gasteiger partial charge is 0.240 e. The summed E-state index contributed by atoms with van der Waals surface area (Å²) in [6, 6.07) is 4.45. The molecule has 0 saturated heterocycles. The number of halogens is 2. The Morgan fingerprint density at radius 2 is 2.00 bits per heavy atom. The van der Waals surface area contributed by atoms with E-state index in [-0.39, 0.29) is 34.4 Å². The van der Waals surface area contributed by atoms with Gasteiger partial charge in [-0.2, -0.15) is 4.99 Å². The first-order valence-corrected chi connectivity index (χ1v) is 10.7. The van der Waals surface area contributed by atoms with Crippen molar-refractivity contribution >= 4 is 61.0 Å². The van der Waals surface area contributed by atoms with E-state index in [1.54, 1.807) is 13.0 Å². The molecule has 1 unspecified atom stereocenters. The molecule has 2 rings (SSSR count). The second-order valence-electron chi connectivity index (χ2n) is 6.27. The lowest BCUT2D eigenvalue weighted by Gasteiger charge is -2.10. The molecule has 2 aromatic rings. The molecule has 152 valence electrons. The van der Waals surface area contributed by atoms with E-state index in [1.807, 2.05) is 0 Å². The van der Waals surface area contributed by atoms with Crippen LogP contribution in [-0.4, -0.2) is 31.1 Å². The van der Waals surface area contributed by atoms with E-state index >= 15 is 0 Å². The molecule has 1 atom stereocenters. The lowest BCUT2D eigenvalue weighted by molar-refractivity contribution is -0.114. The van der Waals surface area contributed by atoms with Gasteiger partial charge in [0.1, 0.15) is 0 Å². The largest absolute Gasteiger partial charge is 0.370 e. The average Bonchev–Trinajstić information content (AvgIpc) is 2.62. The highest BCUT2D eigenvalue weighted by molar-refractivity contribution is 7.89. The van der Waals surface area contributed by atoms with E-state index in [4.69, 9.17) is 34.7 Å². The molecule has 1 aromatic heterocycles. The quantitative estimate of drug-likeness (QED) is 0.234. The third-order valence-corrected chi connectivity index (χ3v) is 6.21. The van der Waals surface area contributed by atoms with Gasteiger partial charge in [-0.25, -0.2) is 18.1 Å². The van der Waals surface area contributed by atoms with Gasteiger partial charge in [-0.3, -0.25) is 4.79 Å². The van der Waals surface area contributed by atoms with Gasteiger partial charge in [0.05, 0.1) is 9.92 Å². The normalized spacial score (nSPS) is 12.7. The Hall–Kier alpha value is -1.94. The molecule has 0 spiro atoms. The van der Waals surface area contributed by atoms with E-state index < -0.39 is 10.0 Å². The van der Waals surface area contributed by atoms with Gasteiger partial charge in [0, 0.05) is 29.4 Å². The minimum Gasteiger partial charge on any atom is -0.370 e. The summed E-state index contributed by atoms with van der Waals surface area (Å²) in [4.78, 5) is 19.0. The van der Waals surface area contributed by atoms with Gasteiger partial charge < -0.3 is 11.5 Å². The molecule has 8 nitrogen and oxygen atoms in total. The second kappa shape index (κ2) is 9.51. The molecular weight excluding hydrogens is 425 g/mol. The van der Waals surface area contributed by atoms with Crippen molar-refractivity contribution in [3.05, 3.63) is 29.4 Å². The van der Waals surface area contributed by atoms with Gasteiger partial charge in [0.2, 0.25) is 15.3 Å². The number of rotatable bonds is 9. The van der Waals surface area contributed by atoms with Crippen LogP contribution in [0, 0.1) is 5.92 Å². The Labute approximate surface area is 173 Å². The summed E-state index contributed by atoms with van der Waals surface area (Å²) in [5.41, 5.74) is 10.8. The van der Waals surface area contributed by atoms with Crippen molar-refractivity contribution in [1.82, 2.24) is 9.71 Å². The first-order valence-electron chi connectivity index (χ1n) is 8.48. The van der Waals surface area contributed by atoms with Crippen molar-refractivity contribution in [3.8, 4) is 0 Å². The molecule has 1 heterocycles. The lowest BCUT2D eigenvalue weighted by atomic mass is 10.1.